The van der Waals surface area contributed by atoms with Crippen LogP contribution in [0, 0.1) is 6.92 Å². The van der Waals surface area contributed by atoms with E-state index in [1.807, 2.05) is 55.1 Å². The molecule has 0 aliphatic carbocycles. The largest absolute Gasteiger partial charge is 0.494 e. The van der Waals surface area contributed by atoms with Crippen molar-refractivity contribution in [1.82, 2.24) is 14.9 Å². The quantitative estimate of drug-likeness (QED) is 0.655. The molecule has 1 aliphatic rings. The number of hydrogen-bond donors (Lipinski definition) is 1. The van der Waals surface area contributed by atoms with Crippen LogP contribution in [0.25, 0.3) is 11.0 Å². The number of carbonyl (C=O) groups excluding carboxylic acids is 1. The highest BCUT2D eigenvalue weighted by Gasteiger charge is 2.24. The normalized spacial score (nSPS) is 13.2. The summed E-state index contributed by atoms with van der Waals surface area (Å²) >= 11 is 0. The number of likely N-dealkylation sites (tertiary alicyclic amines) is 1. The summed E-state index contributed by atoms with van der Waals surface area (Å²) in [6.07, 6.45) is 3.75. The van der Waals surface area contributed by atoms with Crippen LogP contribution in [0.15, 0.2) is 42.6 Å². The zero-order chi connectivity index (χ0) is 19.5. The van der Waals surface area contributed by atoms with Crippen LogP contribution in [0.5, 0.6) is 5.75 Å². The van der Waals surface area contributed by atoms with Gasteiger partial charge in [0.05, 0.1) is 17.9 Å². The highest BCUT2D eigenvalue weighted by Crippen LogP contribution is 2.31. The SMILES string of the molecule is CCOc1ccc(Nc2c(C(=O)N3CCCC3)cnc3nc(C)ccc23)cc1.Cl. The van der Waals surface area contributed by atoms with E-state index in [4.69, 9.17) is 4.74 Å². The topological polar surface area (TPSA) is 67.3 Å². The van der Waals surface area contributed by atoms with E-state index in [2.05, 4.69) is 15.3 Å². The van der Waals surface area contributed by atoms with Gasteiger partial charge in [-0.15, -0.1) is 12.4 Å². The first kappa shape index (κ1) is 20.9. The first-order valence-electron chi connectivity index (χ1n) is 9.71. The number of carbonyl (C=O) groups is 1. The zero-order valence-corrected chi connectivity index (χ0v) is 17.5. The molecule has 1 aliphatic heterocycles. The molecule has 1 saturated heterocycles. The third-order valence-electron chi connectivity index (χ3n) is 4.93. The summed E-state index contributed by atoms with van der Waals surface area (Å²) in [5, 5.41) is 4.26. The number of halogens is 1. The smallest absolute Gasteiger partial charge is 0.257 e. The van der Waals surface area contributed by atoms with Crippen LogP contribution in [-0.2, 0) is 0 Å². The maximum Gasteiger partial charge on any atom is 0.257 e. The van der Waals surface area contributed by atoms with E-state index >= 15 is 0 Å². The van der Waals surface area contributed by atoms with Crippen molar-refractivity contribution in [2.75, 3.05) is 25.0 Å². The molecular formula is C22H25ClN4O2. The minimum atomic E-state index is 0. The lowest BCUT2D eigenvalue weighted by Crippen LogP contribution is -2.28. The van der Waals surface area contributed by atoms with Gasteiger partial charge in [0.15, 0.2) is 5.65 Å². The number of fused-ring (bicyclic) bond motifs is 1. The summed E-state index contributed by atoms with van der Waals surface area (Å²) in [7, 11) is 0. The zero-order valence-electron chi connectivity index (χ0n) is 16.6. The molecule has 4 rings (SSSR count). The van der Waals surface area contributed by atoms with Gasteiger partial charge in [-0.3, -0.25) is 4.79 Å². The number of ether oxygens (including phenoxy) is 1. The monoisotopic (exact) mass is 412 g/mol. The summed E-state index contributed by atoms with van der Waals surface area (Å²) in [5.74, 6) is 0.833. The molecule has 0 spiro atoms. The van der Waals surface area contributed by atoms with E-state index in [1.54, 1.807) is 6.20 Å². The fourth-order valence-electron chi connectivity index (χ4n) is 3.50. The van der Waals surface area contributed by atoms with Gasteiger partial charge in [-0.2, -0.15) is 0 Å². The molecule has 6 nitrogen and oxygen atoms in total. The standard InChI is InChI=1S/C22H24N4O2.ClH/c1-3-28-17-9-7-16(8-10-17)25-20-18-11-6-15(2)24-21(18)23-14-19(20)22(27)26-12-4-5-13-26;/h6-11,14H,3-5,12-13H2,1-2H3,(H,23,24,25);1H. The van der Waals surface area contributed by atoms with Gasteiger partial charge in [0.1, 0.15) is 5.75 Å². The van der Waals surface area contributed by atoms with Crippen molar-refractivity contribution in [2.24, 2.45) is 0 Å². The fourth-order valence-corrected chi connectivity index (χ4v) is 3.50. The molecule has 1 aromatic carbocycles. The minimum Gasteiger partial charge on any atom is -0.494 e. The predicted molar refractivity (Wildman–Crippen MR) is 118 cm³/mol. The molecular weight excluding hydrogens is 388 g/mol. The van der Waals surface area contributed by atoms with Crippen molar-refractivity contribution in [2.45, 2.75) is 26.7 Å². The number of aryl methyl sites for hydroxylation is 1. The third-order valence-corrected chi connectivity index (χ3v) is 4.93. The average molecular weight is 413 g/mol. The van der Waals surface area contributed by atoms with Gasteiger partial charge >= 0.3 is 0 Å². The van der Waals surface area contributed by atoms with Crippen LogP contribution in [0.4, 0.5) is 11.4 Å². The average Bonchev–Trinajstić information content (AvgIpc) is 3.24. The number of nitrogens with one attached hydrogen (secondary N) is 1. The van der Waals surface area contributed by atoms with Crippen molar-refractivity contribution >= 4 is 40.7 Å². The summed E-state index contributed by atoms with van der Waals surface area (Å²) in [6.45, 7) is 6.11. The number of hydrogen-bond acceptors (Lipinski definition) is 5. The summed E-state index contributed by atoms with van der Waals surface area (Å²) in [4.78, 5) is 24.0. The van der Waals surface area contributed by atoms with Crippen LogP contribution >= 0.6 is 12.4 Å². The number of amides is 1. The lowest BCUT2D eigenvalue weighted by Gasteiger charge is -2.19. The van der Waals surface area contributed by atoms with Gasteiger partial charge < -0.3 is 15.0 Å². The van der Waals surface area contributed by atoms with Gasteiger partial charge in [0, 0.05) is 36.1 Å². The van der Waals surface area contributed by atoms with Gasteiger partial charge in [0.2, 0.25) is 0 Å². The Morgan fingerprint density at radius 2 is 1.86 bits per heavy atom. The molecule has 0 saturated carbocycles. The molecule has 0 bridgehead atoms. The Morgan fingerprint density at radius 1 is 1.14 bits per heavy atom. The van der Waals surface area contributed by atoms with Crippen LogP contribution in [0.2, 0.25) is 0 Å². The highest BCUT2D eigenvalue weighted by molar-refractivity contribution is 6.07. The number of rotatable bonds is 5. The minimum absolute atomic E-state index is 0. The van der Waals surface area contributed by atoms with E-state index in [0.717, 1.165) is 54.1 Å². The highest BCUT2D eigenvalue weighted by atomic mass is 35.5. The molecule has 1 N–H and O–H groups in total. The van der Waals surface area contributed by atoms with E-state index in [9.17, 15) is 4.79 Å². The maximum absolute atomic E-state index is 13.1. The molecule has 0 radical (unpaired) electrons. The predicted octanol–water partition coefficient (Wildman–Crippen LogP) is 4.74. The molecule has 1 amide bonds. The first-order valence-corrected chi connectivity index (χ1v) is 9.71. The van der Waals surface area contributed by atoms with Crippen molar-refractivity contribution in [3.05, 3.63) is 53.9 Å². The van der Waals surface area contributed by atoms with Gasteiger partial charge in [-0.05, 0) is 63.1 Å². The lowest BCUT2D eigenvalue weighted by atomic mass is 10.1. The number of nitrogens with zero attached hydrogens (tertiary/aromatic N) is 3. The molecule has 3 aromatic rings. The molecule has 0 atom stereocenters. The van der Waals surface area contributed by atoms with Crippen molar-refractivity contribution in [3.63, 3.8) is 0 Å². The summed E-state index contributed by atoms with van der Waals surface area (Å²) in [6, 6.07) is 11.6. The molecule has 3 heterocycles. The van der Waals surface area contributed by atoms with Gasteiger partial charge in [-0.1, -0.05) is 0 Å². The molecule has 152 valence electrons. The van der Waals surface area contributed by atoms with Gasteiger partial charge in [0.25, 0.3) is 5.91 Å². The Morgan fingerprint density at radius 3 is 2.55 bits per heavy atom. The van der Waals surface area contributed by atoms with E-state index in [0.29, 0.717) is 17.8 Å². The van der Waals surface area contributed by atoms with Crippen LogP contribution < -0.4 is 10.1 Å². The molecule has 0 unspecified atom stereocenters. The molecule has 1 fully saturated rings. The second-order valence-electron chi connectivity index (χ2n) is 6.95. The van der Waals surface area contributed by atoms with Crippen LogP contribution in [-0.4, -0.2) is 40.5 Å². The van der Waals surface area contributed by atoms with Crippen molar-refractivity contribution in [1.29, 1.82) is 0 Å². The van der Waals surface area contributed by atoms with Crippen LogP contribution in [0.1, 0.15) is 35.8 Å². The number of pyridine rings is 2. The third kappa shape index (κ3) is 4.43. The van der Waals surface area contributed by atoms with E-state index in [1.165, 1.54) is 0 Å². The number of anilines is 2. The Bertz CT molecular complexity index is 1000. The lowest BCUT2D eigenvalue weighted by molar-refractivity contribution is 0.0793. The van der Waals surface area contributed by atoms with E-state index in [-0.39, 0.29) is 18.3 Å². The summed E-state index contributed by atoms with van der Waals surface area (Å²) in [5.41, 5.74) is 3.73. The number of benzene rings is 1. The van der Waals surface area contributed by atoms with Crippen molar-refractivity contribution < 1.29 is 9.53 Å². The van der Waals surface area contributed by atoms with Crippen molar-refractivity contribution in [3.8, 4) is 5.75 Å². The second kappa shape index (κ2) is 9.09. The molecule has 7 heteroatoms. The first-order chi connectivity index (χ1) is 13.7. The molecule has 29 heavy (non-hydrogen) atoms. The Balaban J connectivity index is 0.00000240. The second-order valence-corrected chi connectivity index (χ2v) is 6.95. The van der Waals surface area contributed by atoms with Gasteiger partial charge in [-0.25, -0.2) is 9.97 Å². The number of aromatic nitrogens is 2. The summed E-state index contributed by atoms with van der Waals surface area (Å²) < 4.78 is 5.52. The fraction of sp³-hybridized carbons (Fsp3) is 0.318. The Hall–Kier alpha value is -2.86. The van der Waals surface area contributed by atoms with E-state index < -0.39 is 0 Å². The van der Waals surface area contributed by atoms with Crippen LogP contribution in [0.3, 0.4) is 0 Å². The Kier molecular flexibility index (Phi) is 6.54. The molecule has 2 aromatic heterocycles. The Labute approximate surface area is 176 Å². The maximum atomic E-state index is 13.1.